The Hall–Kier alpha value is -0.870. The van der Waals surface area contributed by atoms with Crippen LogP contribution < -0.4 is 5.73 Å². The molecular weight excluding hydrogens is 268 g/mol. The molecule has 0 saturated heterocycles. The van der Waals surface area contributed by atoms with Gasteiger partial charge in [0.2, 0.25) is 5.91 Å². The van der Waals surface area contributed by atoms with E-state index in [1.807, 2.05) is 11.9 Å². The van der Waals surface area contributed by atoms with E-state index in [-0.39, 0.29) is 11.9 Å². The maximum atomic E-state index is 12.4. The standard InChI is InChI=1S/C16H28N2OS/c1-11(2)8-14(10-17)9-16(19)18(5)13(4)15-7-6-12(3)20-15/h6-7,11,13-14H,8-10,17H2,1-5H3/t13?,14-/m0/s1. The molecule has 0 spiro atoms. The number of amides is 1. The largest absolute Gasteiger partial charge is 0.338 e. The summed E-state index contributed by atoms with van der Waals surface area (Å²) in [5, 5.41) is 0. The maximum absolute atomic E-state index is 12.4. The highest BCUT2D eigenvalue weighted by Crippen LogP contribution is 2.27. The zero-order chi connectivity index (χ0) is 15.3. The Morgan fingerprint density at radius 2 is 2.00 bits per heavy atom. The lowest BCUT2D eigenvalue weighted by atomic mass is 9.93. The zero-order valence-corrected chi connectivity index (χ0v) is 14.2. The van der Waals surface area contributed by atoms with Crippen LogP contribution in [0.1, 0.15) is 49.4 Å². The van der Waals surface area contributed by atoms with Crippen molar-refractivity contribution in [2.75, 3.05) is 13.6 Å². The molecule has 0 aliphatic carbocycles. The summed E-state index contributed by atoms with van der Waals surface area (Å²) in [5.41, 5.74) is 5.79. The van der Waals surface area contributed by atoms with Gasteiger partial charge >= 0.3 is 0 Å². The molecular formula is C16H28N2OS. The average Bonchev–Trinajstić information content (AvgIpc) is 2.82. The predicted octanol–water partition coefficient (Wildman–Crippen LogP) is 3.59. The third-order valence-electron chi connectivity index (χ3n) is 3.75. The molecule has 1 aromatic heterocycles. The molecule has 20 heavy (non-hydrogen) atoms. The number of carbonyl (C=O) groups excluding carboxylic acids is 1. The van der Waals surface area contributed by atoms with Crippen molar-refractivity contribution < 1.29 is 4.79 Å². The number of nitrogens with two attached hydrogens (primary N) is 1. The maximum Gasteiger partial charge on any atom is 0.223 e. The lowest BCUT2D eigenvalue weighted by Crippen LogP contribution is -2.32. The molecule has 3 nitrogen and oxygen atoms in total. The van der Waals surface area contributed by atoms with E-state index in [1.54, 1.807) is 11.3 Å². The highest BCUT2D eigenvalue weighted by molar-refractivity contribution is 7.12. The van der Waals surface area contributed by atoms with Gasteiger partial charge in [0.05, 0.1) is 6.04 Å². The molecule has 2 N–H and O–H groups in total. The number of carbonyl (C=O) groups is 1. The SMILES string of the molecule is Cc1ccc(C(C)N(C)C(=O)C[C@@H](CN)CC(C)C)s1. The first kappa shape index (κ1) is 17.2. The molecule has 0 bridgehead atoms. The summed E-state index contributed by atoms with van der Waals surface area (Å²) in [5.74, 6) is 1.07. The number of nitrogens with zero attached hydrogens (tertiary/aromatic N) is 1. The van der Waals surface area contributed by atoms with Crippen LogP contribution in [-0.4, -0.2) is 24.4 Å². The van der Waals surface area contributed by atoms with Crippen LogP contribution in [0.4, 0.5) is 0 Å². The Kier molecular flexibility index (Phi) is 6.69. The lowest BCUT2D eigenvalue weighted by Gasteiger charge is -2.26. The molecule has 1 aromatic rings. The third-order valence-corrected chi connectivity index (χ3v) is 4.92. The minimum atomic E-state index is 0.138. The van der Waals surface area contributed by atoms with E-state index >= 15 is 0 Å². The average molecular weight is 296 g/mol. The van der Waals surface area contributed by atoms with Crippen molar-refractivity contribution in [3.63, 3.8) is 0 Å². The Bertz CT molecular complexity index is 428. The Morgan fingerprint density at radius 1 is 1.35 bits per heavy atom. The van der Waals surface area contributed by atoms with Crippen molar-refractivity contribution >= 4 is 17.2 Å². The zero-order valence-electron chi connectivity index (χ0n) is 13.3. The highest BCUT2D eigenvalue weighted by atomic mass is 32.1. The van der Waals surface area contributed by atoms with Gasteiger partial charge in [-0.15, -0.1) is 11.3 Å². The van der Waals surface area contributed by atoms with E-state index in [1.165, 1.54) is 9.75 Å². The Labute approximate surface area is 127 Å². The smallest absolute Gasteiger partial charge is 0.223 e. The van der Waals surface area contributed by atoms with Crippen LogP contribution >= 0.6 is 11.3 Å². The molecule has 1 rings (SSSR count). The number of hydrogen-bond acceptors (Lipinski definition) is 3. The second-order valence-electron chi connectivity index (χ2n) is 6.06. The molecule has 0 radical (unpaired) electrons. The number of rotatable bonds is 7. The fourth-order valence-corrected chi connectivity index (χ4v) is 3.38. The van der Waals surface area contributed by atoms with E-state index in [2.05, 4.69) is 39.8 Å². The number of thiophene rings is 1. The molecule has 0 aliphatic heterocycles. The molecule has 0 aliphatic rings. The highest BCUT2D eigenvalue weighted by Gasteiger charge is 2.22. The van der Waals surface area contributed by atoms with Crippen molar-refractivity contribution in [3.05, 3.63) is 21.9 Å². The monoisotopic (exact) mass is 296 g/mol. The normalized spacial score (nSPS) is 14.3. The summed E-state index contributed by atoms with van der Waals surface area (Å²) in [6.07, 6.45) is 1.57. The van der Waals surface area contributed by atoms with E-state index in [9.17, 15) is 4.79 Å². The topological polar surface area (TPSA) is 46.3 Å². The van der Waals surface area contributed by atoms with Crippen molar-refractivity contribution in [3.8, 4) is 0 Å². The third kappa shape index (κ3) is 4.91. The number of aryl methyl sites for hydroxylation is 1. The Balaban J connectivity index is 2.61. The second-order valence-corrected chi connectivity index (χ2v) is 7.38. The summed E-state index contributed by atoms with van der Waals surface area (Å²) >= 11 is 1.76. The molecule has 0 fully saturated rings. The summed E-state index contributed by atoms with van der Waals surface area (Å²) in [6, 6.07) is 4.36. The first-order valence-corrected chi connectivity index (χ1v) is 8.18. The van der Waals surface area contributed by atoms with Gasteiger partial charge in [0, 0.05) is 23.2 Å². The summed E-state index contributed by atoms with van der Waals surface area (Å²) in [6.45, 7) is 9.12. The predicted molar refractivity (Wildman–Crippen MR) is 86.9 cm³/mol. The van der Waals surface area contributed by atoms with Crippen molar-refractivity contribution in [2.24, 2.45) is 17.6 Å². The van der Waals surface area contributed by atoms with Gasteiger partial charge in [-0.2, -0.15) is 0 Å². The molecule has 1 amide bonds. The molecule has 4 heteroatoms. The van der Waals surface area contributed by atoms with Crippen LogP contribution in [0.25, 0.3) is 0 Å². The van der Waals surface area contributed by atoms with Crippen LogP contribution in [0.5, 0.6) is 0 Å². The van der Waals surface area contributed by atoms with Crippen molar-refractivity contribution in [1.82, 2.24) is 4.90 Å². The van der Waals surface area contributed by atoms with Gasteiger partial charge in [0.25, 0.3) is 0 Å². The van der Waals surface area contributed by atoms with Crippen molar-refractivity contribution in [1.29, 1.82) is 0 Å². The summed E-state index contributed by atoms with van der Waals surface area (Å²) in [4.78, 5) is 16.8. The van der Waals surface area contributed by atoms with Crippen LogP contribution in [-0.2, 0) is 4.79 Å². The lowest BCUT2D eigenvalue weighted by molar-refractivity contribution is -0.132. The quantitative estimate of drug-likeness (QED) is 0.836. The molecule has 1 heterocycles. The summed E-state index contributed by atoms with van der Waals surface area (Å²) < 4.78 is 0. The van der Waals surface area contributed by atoms with Gasteiger partial charge in [0.15, 0.2) is 0 Å². The molecule has 2 atom stereocenters. The molecule has 1 unspecified atom stereocenters. The molecule has 114 valence electrons. The molecule has 0 aromatic carbocycles. The van der Waals surface area contributed by atoms with Gasteiger partial charge in [-0.3, -0.25) is 4.79 Å². The molecule has 0 saturated carbocycles. The summed E-state index contributed by atoms with van der Waals surface area (Å²) in [7, 11) is 1.89. The first-order chi connectivity index (χ1) is 9.35. The van der Waals surface area contributed by atoms with Gasteiger partial charge < -0.3 is 10.6 Å². The van der Waals surface area contributed by atoms with Gasteiger partial charge in [-0.05, 0) is 50.8 Å². The van der Waals surface area contributed by atoms with Crippen molar-refractivity contribution in [2.45, 2.75) is 46.6 Å². The van der Waals surface area contributed by atoms with Crippen LogP contribution in [0.3, 0.4) is 0 Å². The van der Waals surface area contributed by atoms with E-state index in [0.29, 0.717) is 24.8 Å². The minimum Gasteiger partial charge on any atom is -0.338 e. The van der Waals surface area contributed by atoms with E-state index < -0.39 is 0 Å². The van der Waals surface area contributed by atoms with Crippen LogP contribution in [0.2, 0.25) is 0 Å². The van der Waals surface area contributed by atoms with Gasteiger partial charge in [-0.25, -0.2) is 0 Å². The minimum absolute atomic E-state index is 0.138. The first-order valence-electron chi connectivity index (χ1n) is 7.37. The van der Waals surface area contributed by atoms with Crippen LogP contribution in [0.15, 0.2) is 12.1 Å². The fraction of sp³-hybridized carbons (Fsp3) is 0.688. The van der Waals surface area contributed by atoms with E-state index in [4.69, 9.17) is 5.73 Å². The van der Waals surface area contributed by atoms with E-state index in [0.717, 1.165) is 6.42 Å². The second kappa shape index (κ2) is 7.79. The fourth-order valence-electron chi connectivity index (χ4n) is 2.41. The van der Waals surface area contributed by atoms with Crippen LogP contribution in [0, 0.1) is 18.8 Å². The van der Waals surface area contributed by atoms with Gasteiger partial charge in [0.1, 0.15) is 0 Å². The van der Waals surface area contributed by atoms with Gasteiger partial charge in [-0.1, -0.05) is 13.8 Å². The Morgan fingerprint density at radius 3 is 2.45 bits per heavy atom. The number of hydrogen-bond donors (Lipinski definition) is 1.